The third kappa shape index (κ3) is 5.37. The molecule has 8 aromatic rings. The quantitative estimate of drug-likeness (QED) is 0.124. The normalized spacial score (nSPS) is 11.7. The first-order chi connectivity index (χ1) is 23.3. The molecule has 8 rings (SSSR count). The van der Waals surface area contributed by atoms with Gasteiger partial charge in [0.15, 0.2) is 8.07 Å². The lowest BCUT2D eigenvalue weighted by atomic mass is 10.1. The molecule has 0 aliphatic carbocycles. The summed E-state index contributed by atoms with van der Waals surface area (Å²) in [6, 6.07) is 67.1. The molecule has 3 heteroatoms. The molecule has 7 aromatic carbocycles. The molecule has 0 spiro atoms. The van der Waals surface area contributed by atoms with Crippen LogP contribution in [0.15, 0.2) is 198 Å². The van der Waals surface area contributed by atoms with Gasteiger partial charge in [0.2, 0.25) is 0 Å². The molecule has 1 heterocycles. The van der Waals surface area contributed by atoms with Crippen LogP contribution in [0.4, 0.5) is 17.1 Å². The first-order valence-electron chi connectivity index (χ1n) is 16.0. The molecule has 1 aromatic heterocycles. The van der Waals surface area contributed by atoms with E-state index in [2.05, 4.69) is 205 Å². The molecular weight excluding hydrogens is 587 g/mol. The Bertz CT molecular complexity index is 2140. The van der Waals surface area contributed by atoms with Crippen molar-refractivity contribution in [3.63, 3.8) is 0 Å². The number of anilines is 3. The summed E-state index contributed by atoms with van der Waals surface area (Å²) in [5, 5.41) is 6.28. The summed E-state index contributed by atoms with van der Waals surface area (Å²) < 4.78 is 6.37. The number of hydrogen-bond donors (Lipinski definition) is 0. The molecular formula is C44H33NOSi. The van der Waals surface area contributed by atoms with Crippen molar-refractivity contribution in [2.45, 2.75) is 0 Å². The van der Waals surface area contributed by atoms with E-state index in [0.717, 1.165) is 44.6 Å². The molecule has 0 saturated heterocycles. The van der Waals surface area contributed by atoms with Crippen molar-refractivity contribution in [3.8, 4) is 0 Å². The largest absolute Gasteiger partial charge is 0.456 e. The summed E-state index contributed by atoms with van der Waals surface area (Å²) in [4.78, 5) is 2.29. The van der Waals surface area contributed by atoms with E-state index in [9.17, 15) is 0 Å². The molecule has 0 N–H and O–H groups in total. The van der Waals surface area contributed by atoms with Crippen LogP contribution in [-0.2, 0) is 0 Å². The van der Waals surface area contributed by atoms with Crippen molar-refractivity contribution in [2.75, 3.05) is 4.90 Å². The van der Waals surface area contributed by atoms with Gasteiger partial charge in [0.1, 0.15) is 11.2 Å². The molecule has 0 atom stereocenters. The topological polar surface area (TPSA) is 16.4 Å². The van der Waals surface area contributed by atoms with Gasteiger partial charge in [-0.1, -0.05) is 145 Å². The molecule has 0 amide bonds. The number of nitrogens with zero attached hydrogens (tertiary/aromatic N) is 1. The van der Waals surface area contributed by atoms with Gasteiger partial charge in [0, 0.05) is 27.8 Å². The molecule has 0 unspecified atom stereocenters. The van der Waals surface area contributed by atoms with Crippen molar-refractivity contribution in [3.05, 3.63) is 199 Å². The second-order valence-electron chi connectivity index (χ2n) is 11.8. The van der Waals surface area contributed by atoms with Crippen molar-refractivity contribution in [2.24, 2.45) is 0 Å². The fourth-order valence-electron chi connectivity index (χ4n) is 6.74. The van der Waals surface area contributed by atoms with Gasteiger partial charge < -0.3 is 9.32 Å². The SMILES string of the molecule is C(=C\[Si](c1ccccc1)(c1ccccc1)c1ccccc1)/c1ccc2oc3ccc(N(c4ccccc4)c4ccccc4)cc3c2c1. The molecule has 224 valence electrons. The van der Waals surface area contributed by atoms with Crippen LogP contribution in [0.1, 0.15) is 5.56 Å². The highest BCUT2D eigenvalue weighted by molar-refractivity contribution is 7.15. The first-order valence-corrected chi connectivity index (χ1v) is 18.1. The summed E-state index contributed by atoms with van der Waals surface area (Å²) in [7, 11) is -2.52. The average Bonchev–Trinajstić information content (AvgIpc) is 3.52. The van der Waals surface area contributed by atoms with E-state index in [1.54, 1.807) is 0 Å². The molecule has 0 radical (unpaired) electrons. The lowest BCUT2D eigenvalue weighted by Crippen LogP contribution is -2.66. The van der Waals surface area contributed by atoms with Gasteiger partial charge in [-0.15, -0.1) is 0 Å². The van der Waals surface area contributed by atoms with Gasteiger partial charge in [-0.2, -0.15) is 0 Å². The monoisotopic (exact) mass is 619 g/mol. The molecule has 2 nitrogen and oxygen atoms in total. The van der Waals surface area contributed by atoms with Crippen molar-refractivity contribution < 1.29 is 4.42 Å². The van der Waals surface area contributed by atoms with Crippen LogP contribution in [0.25, 0.3) is 28.0 Å². The Labute approximate surface area is 276 Å². The zero-order chi connectivity index (χ0) is 31.5. The van der Waals surface area contributed by atoms with E-state index >= 15 is 0 Å². The smallest absolute Gasteiger partial charge is 0.172 e. The summed E-state index contributed by atoms with van der Waals surface area (Å²) in [5.41, 5.74) is 8.71. The highest BCUT2D eigenvalue weighted by Crippen LogP contribution is 2.38. The van der Waals surface area contributed by atoms with Crippen molar-refractivity contribution in [1.82, 2.24) is 0 Å². The lowest BCUT2D eigenvalue weighted by molar-refractivity contribution is 0.669. The maximum absolute atomic E-state index is 6.37. The number of rotatable bonds is 8. The van der Waals surface area contributed by atoms with Crippen LogP contribution in [0.3, 0.4) is 0 Å². The molecule has 0 aliphatic heterocycles. The maximum atomic E-state index is 6.37. The van der Waals surface area contributed by atoms with Gasteiger partial charge in [-0.05, 0) is 75.7 Å². The van der Waals surface area contributed by atoms with E-state index in [1.807, 2.05) is 0 Å². The second-order valence-corrected chi connectivity index (χ2v) is 15.5. The number of para-hydroxylation sites is 2. The van der Waals surface area contributed by atoms with Gasteiger partial charge in [-0.3, -0.25) is 0 Å². The van der Waals surface area contributed by atoms with Gasteiger partial charge in [0.25, 0.3) is 0 Å². The number of hydrogen-bond acceptors (Lipinski definition) is 2. The lowest BCUT2D eigenvalue weighted by Gasteiger charge is -2.30. The van der Waals surface area contributed by atoms with Crippen LogP contribution >= 0.6 is 0 Å². The van der Waals surface area contributed by atoms with E-state index in [1.165, 1.54) is 15.6 Å². The Kier molecular flexibility index (Phi) is 7.58. The van der Waals surface area contributed by atoms with E-state index in [0.29, 0.717) is 0 Å². The van der Waals surface area contributed by atoms with Crippen LogP contribution in [0, 0.1) is 0 Å². The minimum absolute atomic E-state index is 0.882. The average molecular weight is 620 g/mol. The highest BCUT2D eigenvalue weighted by Gasteiger charge is 2.36. The van der Waals surface area contributed by atoms with E-state index < -0.39 is 8.07 Å². The fraction of sp³-hybridized carbons (Fsp3) is 0. The predicted octanol–water partition coefficient (Wildman–Crippen LogP) is 9.78. The minimum atomic E-state index is -2.52. The fourth-order valence-corrected chi connectivity index (χ4v) is 10.9. The number of fused-ring (bicyclic) bond motifs is 3. The predicted molar refractivity (Wildman–Crippen MR) is 201 cm³/mol. The Morgan fingerprint density at radius 3 is 1.32 bits per heavy atom. The first kappa shape index (κ1) is 28.6. The minimum Gasteiger partial charge on any atom is -0.456 e. The van der Waals surface area contributed by atoms with Gasteiger partial charge >= 0.3 is 0 Å². The zero-order valence-electron chi connectivity index (χ0n) is 25.9. The molecule has 0 bridgehead atoms. The number of benzene rings is 7. The third-order valence-electron chi connectivity index (χ3n) is 8.98. The van der Waals surface area contributed by atoms with Crippen LogP contribution < -0.4 is 20.5 Å². The van der Waals surface area contributed by atoms with Gasteiger partial charge in [-0.25, -0.2) is 0 Å². The standard InChI is InChI=1S/C44H33NOSi/c1-6-16-35(17-7-1)45(36-18-8-2-9-19-36)37-27-29-44-42(33-37)41-32-34(26-28-43(41)46-44)30-31-47(38-20-10-3-11-21-38,39-22-12-4-13-23-39)40-24-14-5-15-25-40/h1-33H/b31-30+. The maximum Gasteiger partial charge on any atom is 0.172 e. The second kappa shape index (κ2) is 12.5. The summed E-state index contributed by atoms with van der Waals surface area (Å²) >= 11 is 0. The Morgan fingerprint density at radius 1 is 0.404 bits per heavy atom. The summed E-state index contributed by atoms with van der Waals surface area (Å²) in [5.74, 6) is 0. The number of furan rings is 1. The van der Waals surface area contributed by atoms with E-state index in [-0.39, 0.29) is 0 Å². The third-order valence-corrected chi connectivity index (χ3v) is 13.4. The van der Waals surface area contributed by atoms with Crippen LogP contribution in [0.5, 0.6) is 0 Å². The Morgan fingerprint density at radius 2 is 0.830 bits per heavy atom. The zero-order valence-corrected chi connectivity index (χ0v) is 26.9. The van der Waals surface area contributed by atoms with E-state index in [4.69, 9.17) is 4.42 Å². The van der Waals surface area contributed by atoms with Gasteiger partial charge in [0.05, 0.1) is 0 Å². The Hall–Kier alpha value is -5.90. The molecule has 0 fully saturated rings. The van der Waals surface area contributed by atoms with Crippen molar-refractivity contribution in [1.29, 1.82) is 0 Å². The highest BCUT2D eigenvalue weighted by atomic mass is 28.3. The molecule has 0 aliphatic rings. The summed E-state index contributed by atoms with van der Waals surface area (Å²) in [6.07, 6.45) is 2.32. The summed E-state index contributed by atoms with van der Waals surface area (Å²) in [6.45, 7) is 0. The Balaban J connectivity index is 1.27. The van der Waals surface area contributed by atoms with Crippen molar-refractivity contribution >= 4 is 68.7 Å². The molecule has 47 heavy (non-hydrogen) atoms. The van der Waals surface area contributed by atoms with Crippen LogP contribution in [0.2, 0.25) is 0 Å². The van der Waals surface area contributed by atoms with Crippen LogP contribution in [-0.4, -0.2) is 8.07 Å². The molecule has 0 saturated carbocycles.